The van der Waals surface area contributed by atoms with Crippen LogP contribution >= 0.6 is 0 Å². The Bertz CT molecular complexity index is 398. The van der Waals surface area contributed by atoms with Crippen LogP contribution in [-0.4, -0.2) is 15.0 Å². The van der Waals surface area contributed by atoms with Crippen LogP contribution in [0, 0.1) is 6.92 Å². The molecule has 3 nitrogen and oxygen atoms in total. The number of nitrogens with zero attached hydrogens (tertiary/aromatic N) is 3. The highest BCUT2D eigenvalue weighted by Gasteiger charge is 2.00. The van der Waals surface area contributed by atoms with E-state index in [9.17, 15) is 0 Å². The number of rotatable bonds is 1. The Labute approximate surface area is 76.5 Å². The van der Waals surface area contributed by atoms with Crippen molar-refractivity contribution >= 4 is 0 Å². The minimum Gasteiger partial charge on any atom is -0.265 e. The topological polar surface area (TPSA) is 38.7 Å². The fourth-order valence-corrected chi connectivity index (χ4v) is 1.21. The highest BCUT2D eigenvalue weighted by Crippen LogP contribution is 2.17. The van der Waals surface area contributed by atoms with Gasteiger partial charge in [0.1, 0.15) is 6.33 Å². The lowest BCUT2D eigenvalue weighted by atomic mass is 10.1. The molecule has 2 heterocycles. The third-order valence-electron chi connectivity index (χ3n) is 1.85. The first-order valence-electron chi connectivity index (χ1n) is 4.05. The van der Waals surface area contributed by atoms with Crippen LogP contribution in [-0.2, 0) is 0 Å². The van der Waals surface area contributed by atoms with Crippen LogP contribution in [0.3, 0.4) is 0 Å². The molecule has 2 aromatic heterocycles. The first kappa shape index (κ1) is 7.86. The van der Waals surface area contributed by atoms with E-state index < -0.39 is 0 Å². The van der Waals surface area contributed by atoms with E-state index in [1.807, 2.05) is 25.3 Å². The van der Waals surface area contributed by atoms with Gasteiger partial charge in [-0.1, -0.05) is 0 Å². The molecule has 0 fully saturated rings. The summed E-state index contributed by atoms with van der Waals surface area (Å²) >= 11 is 0. The first-order valence-corrected chi connectivity index (χ1v) is 4.05. The van der Waals surface area contributed by atoms with Crippen LogP contribution in [0.2, 0.25) is 0 Å². The van der Waals surface area contributed by atoms with Crippen molar-refractivity contribution in [2.45, 2.75) is 6.92 Å². The molecule has 0 saturated heterocycles. The molecule has 0 bridgehead atoms. The SMILES string of the molecule is Cc1cncnc1-c1ccncc1. The molecule has 0 aliphatic rings. The molecule has 0 aliphatic heterocycles. The van der Waals surface area contributed by atoms with Gasteiger partial charge in [0, 0.05) is 24.2 Å². The zero-order chi connectivity index (χ0) is 9.10. The van der Waals surface area contributed by atoms with Gasteiger partial charge in [0.15, 0.2) is 0 Å². The smallest absolute Gasteiger partial charge is 0.116 e. The summed E-state index contributed by atoms with van der Waals surface area (Å²) < 4.78 is 0. The molecule has 0 spiro atoms. The van der Waals surface area contributed by atoms with Crippen molar-refractivity contribution in [3.8, 4) is 11.3 Å². The highest BCUT2D eigenvalue weighted by atomic mass is 14.8. The van der Waals surface area contributed by atoms with Crippen molar-refractivity contribution in [3.05, 3.63) is 42.6 Å². The summed E-state index contributed by atoms with van der Waals surface area (Å²) in [4.78, 5) is 12.1. The Morgan fingerprint density at radius 2 is 1.85 bits per heavy atom. The Kier molecular flexibility index (Phi) is 2.00. The number of aromatic nitrogens is 3. The van der Waals surface area contributed by atoms with E-state index in [1.165, 1.54) is 0 Å². The van der Waals surface area contributed by atoms with Crippen LogP contribution < -0.4 is 0 Å². The zero-order valence-corrected chi connectivity index (χ0v) is 7.31. The molecule has 0 aliphatic carbocycles. The molecule has 0 unspecified atom stereocenters. The van der Waals surface area contributed by atoms with Gasteiger partial charge in [-0.15, -0.1) is 0 Å². The highest BCUT2D eigenvalue weighted by molar-refractivity contribution is 5.61. The number of pyridine rings is 1. The summed E-state index contributed by atoms with van der Waals surface area (Å²) in [6, 6.07) is 3.88. The van der Waals surface area contributed by atoms with Gasteiger partial charge >= 0.3 is 0 Å². The minimum absolute atomic E-state index is 0.970. The summed E-state index contributed by atoms with van der Waals surface area (Å²) in [5.41, 5.74) is 3.13. The van der Waals surface area contributed by atoms with E-state index in [0.717, 1.165) is 16.8 Å². The predicted octanol–water partition coefficient (Wildman–Crippen LogP) is 1.85. The predicted molar refractivity (Wildman–Crippen MR) is 50.0 cm³/mol. The minimum atomic E-state index is 0.970. The molecule has 0 atom stereocenters. The van der Waals surface area contributed by atoms with Crippen LogP contribution in [0.15, 0.2) is 37.1 Å². The lowest BCUT2D eigenvalue weighted by molar-refractivity contribution is 1.13. The van der Waals surface area contributed by atoms with Crippen molar-refractivity contribution in [1.29, 1.82) is 0 Å². The molecule has 3 heteroatoms. The van der Waals surface area contributed by atoms with Crippen LogP contribution in [0.4, 0.5) is 0 Å². The van der Waals surface area contributed by atoms with Gasteiger partial charge in [-0.05, 0) is 24.6 Å². The maximum absolute atomic E-state index is 4.21. The van der Waals surface area contributed by atoms with Gasteiger partial charge in [0.25, 0.3) is 0 Å². The normalized spacial score (nSPS) is 9.92. The molecule has 0 amide bonds. The molecule has 0 aromatic carbocycles. The Balaban J connectivity index is 2.54. The summed E-state index contributed by atoms with van der Waals surface area (Å²) in [5.74, 6) is 0. The molecule has 0 N–H and O–H groups in total. The number of hydrogen-bond acceptors (Lipinski definition) is 3. The average molecular weight is 171 g/mol. The monoisotopic (exact) mass is 171 g/mol. The molecule has 64 valence electrons. The molecule has 2 rings (SSSR count). The molecule has 0 radical (unpaired) electrons. The largest absolute Gasteiger partial charge is 0.265 e. The van der Waals surface area contributed by atoms with Crippen molar-refractivity contribution in [2.75, 3.05) is 0 Å². The second-order valence-electron chi connectivity index (χ2n) is 2.79. The first-order chi connectivity index (χ1) is 6.38. The van der Waals surface area contributed by atoms with Crippen molar-refractivity contribution < 1.29 is 0 Å². The van der Waals surface area contributed by atoms with Crippen molar-refractivity contribution in [2.24, 2.45) is 0 Å². The molecule has 13 heavy (non-hydrogen) atoms. The molecule has 2 aromatic rings. The lowest BCUT2D eigenvalue weighted by Crippen LogP contribution is -1.88. The maximum Gasteiger partial charge on any atom is 0.116 e. The zero-order valence-electron chi connectivity index (χ0n) is 7.31. The second kappa shape index (κ2) is 3.31. The lowest BCUT2D eigenvalue weighted by Gasteiger charge is -2.01. The van der Waals surface area contributed by atoms with Gasteiger partial charge in [-0.2, -0.15) is 0 Å². The fourth-order valence-electron chi connectivity index (χ4n) is 1.21. The van der Waals surface area contributed by atoms with E-state index >= 15 is 0 Å². The summed E-state index contributed by atoms with van der Waals surface area (Å²) in [5, 5.41) is 0. The van der Waals surface area contributed by atoms with Gasteiger partial charge in [0.2, 0.25) is 0 Å². The van der Waals surface area contributed by atoms with E-state index in [4.69, 9.17) is 0 Å². The van der Waals surface area contributed by atoms with Crippen molar-refractivity contribution in [3.63, 3.8) is 0 Å². The number of aryl methyl sites for hydroxylation is 1. The summed E-state index contributed by atoms with van der Waals surface area (Å²) in [6.45, 7) is 2.00. The van der Waals surface area contributed by atoms with Gasteiger partial charge in [0.05, 0.1) is 5.69 Å². The van der Waals surface area contributed by atoms with Crippen molar-refractivity contribution in [1.82, 2.24) is 15.0 Å². The number of hydrogen-bond donors (Lipinski definition) is 0. The van der Waals surface area contributed by atoms with Crippen LogP contribution in [0.25, 0.3) is 11.3 Å². The standard InChI is InChI=1S/C10H9N3/c1-8-6-12-7-13-10(8)9-2-4-11-5-3-9/h2-7H,1H3. The fraction of sp³-hybridized carbons (Fsp3) is 0.100. The Morgan fingerprint density at radius 1 is 1.08 bits per heavy atom. The molecular weight excluding hydrogens is 162 g/mol. The third-order valence-corrected chi connectivity index (χ3v) is 1.85. The quantitative estimate of drug-likeness (QED) is 0.657. The maximum atomic E-state index is 4.21. The Hall–Kier alpha value is -1.77. The van der Waals surface area contributed by atoms with Gasteiger partial charge < -0.3 is 0 Å². The average Bonchev–Trinajstić information content (AvgIpc) is 2.20. The van der Waals surface area contributed by atoms with Gasteiger partial charge in [-0.3, -0.25) is 4.98 Å². The summed E-state index contributed by atoms with van der Waals surface area (Å²) in [6.07, 6.45) is 6.89. The van der Waals surface area contributed by atoms with Gasteiger partial charge in [-0.25, -0.2) is 9.97 Å². The molecular formula is C10H9N3. The van der Waals surface area contributed by atoms with E-state index in [2.05, 4.69) is 15.0 Å². The van der Waals surface area contributed by atoms with Crippen LogP contribution in [0.1, 0.15) is 5.56 Å². The molecule has 0 saturated carbocycles. The third kappa shape index (κ3) is 1.54. The van der Waals surface area contributed by atoms with E-state index in [-0.39, 0.29) is 0 Å². The van der Waals surface area contributed by atoms with E-state index in [1.54, 1.807) is 18.7 Å². The second-order valence-corrected chi connectivity index (χ2v) is 2.79. The van der Waals surface area contributed by atoms with E-state index in [0.29, 0.717) is 0 Å². The Morgan fingerprint density at radius 3 is 2.54 bits per heavy atom. The van der Waals surface area contributed by atoms with Crippen LogP contribution in [0.5, 0.6) is 0 Å². The summed E-state index contributed by atoms with van der Waals surface area (Å²) in [7, 11) is 0.